The minimum Gasteiger partial charge on any atom is -0.492 e. The Morgan fingerprint density at radius 3 is 3.00 bits per heavy atom. The maximum Gasteiger partial charge on any atom is 0.142 e. The van der Waals surface area contributed by atoms with Gasteiger partial charge in [0.25, 0.3) is 0 Å². The third-order valence-corrected chi connectivity index (χ3v) is 2.98. The zero-order valence-electron chi connectivity index (χ0n) is 10.4. The van der Waals surface area contributed by atoms with Crippen molar-refractivity contribution in [2.24, 2.45) is 0 Å². The second kappa shape index (κ2) is 6.50. The number of anilines is 1. The van der Waals surface area contributed by atoms with Gasteiger partial charge in [-0.05, 0) is 38.3 Å². The zero-order valence-corrected chi connectivity index (χ0v) is 10.4. The highest BCUT2D eigenvalue weighted by Gasteiger charge is 2.13. The van der Waals surface area contributed by atoms with Crippen LogP contribution >= 0.6 is 0 Å². The van der Waals surface area contributed by atoms with Crippen LogP contribution in [-0.2, 0) is 4.74 Å². The van der Waals surface area contributed by atoms with Crippen LogP contribution in [0.1, 0.15) is 26.2 Å². The van der Waals surface area contributed by atoms with Crippen LogP contribution < -0.4 is 10.1 Å². The van der Waals surface area contributed by atoms with Crippen LogP contribution in [0.3, 0.4) is 0 Å². The molecule has 3 nitrogen and oxygen atoms in total. The van der Waals surface area contributed by atoms with E-state index in [0.29, 0.717) is 12.7 Å². The Hall–Kier alpha value is -1.22. The minimum absolute atomic E-state index is 0.346. The standard InChI is InChI=1S/C14H21NO2/c1-2-16-14-9-4-3-8-13(14)15-11-12-7-5-6-10-17-12/h3-4,8-9,12,15H,2,5-7,10-11H2,1H3. The highest BCUT2D eigenvalue weighted by atomic mass is 16.5. The van der Waals surface area contributed by atoms with Crippen molar-refractivity contribution in [3.05, 3.63) is 24.3 Å². The summed E-state index contributed by atoms with van der Waals surface area (Å²) in [7, 11) is 0. The van der Waals surface area contributed by atoms with Gasteiger partial charge in [0.2, 0.25) is 0 Å². The first-order valence-corrected chi connectivity index (χ1v) is 6.47. The summed E-state index contributed by atoms with van der Waals surface area (Å²) in [5.41, 5.74) is 1.06. The summed E-state index contributed by atoms with van der Waals surface area (Å²) >= 11 is 0. The second-order valence-electron chi connectivity index (χ2n) is 4.30. The molecule has 1 fully saturated rings. The van der Waals surface area contributed by atoms with Crippen molar-refractivity contribution < 1.29 is 9.47 Å². The highest BCUT2D eigenvalue weighted by molar-refractivity contribution is 5.56. The lowest BCUT2D eigenvalue weighted by molar-refractivity contribution is 0.0247. The lowest BCUT2D eigenvalue weighted by Gasteiger charge is -2.23. The Balaban J connectivity index is 1.88. The van der Waals surface area contributed by atoms with Gasteiger partial charge in [0.1, 0.15) is 5.75 Å². The molecule has 3 heteroatoms. The van der Waals surface area contributed by atoms with Gasteiger partial charge >= 0.3 is 0 Å². The first-order chi connectivity index (χ1) is 8.40. The molecule has 0 saturated carbocycles. The average Bonchev–Trinajstić information content (AvgIpc) is 2.39. The first kappa shape index (κ1) is 12.2. The van der Waals surface area contributed by atoms with Crippen LogP contribution in [0, 0.1) is 0 Å². The number of hydrogen-bond donors (Lipinski definition) is 1. The summed E-state index contributed by atoms with van der Waals surface area (Å²) in [6.45, 7) is 4.46. The molecule has 1 atom stereocenters. The van der Waals surface area contributed by atoms with Gasteiger partial charge in [-0.3, -0.25) is 0 Å². The molecular formula is C14H21NO2. The summed E-state index contributed by atoms with van der Waals surface area (Å²) in [5, 5.41) is 3.42. The van der Waals surface area contributed by atoms with Crippen molar-refractivity contribution in [3.63, 3.8) is 0 Å². The molecule has 1 aromatic rings. The number of ether oxygens (including phenoxy) is 2. The normalized spacial score (nSPS) is 19.9. The molecule has 2 rings (SSSR count). The predicted molar refractivity (Wildman–Crippen MR) is 69.7 cm³/mol. The molecule has 1 saturated heterocycles. The molecule has 1 aromatic carbocycles. The van der Waals surface area contributed by atoms with Crippen LogP contribution in [0.4, 0.5) is 5.69 Å². The molecule has 0 spiro atoms. The van der Waals surface area contributed by atoms with Crippen LogP contribution in [-0.4, -0.2) is 25.9 Å². The molecule has 17 heavy (non-hydrogen) atoms. The van der Waals surface area contributed by atoms with E-state index in [0.717, 1.165) is 31.0 Å². The zero-order chi connectivity index (χ0) is 11.9. The molecule has 1 N–H and O–H groups in total. The molecule has 0 bridgehead atoms. The lowest BCUT2D eigenvalue weighted by atomic mass is 10.1. The minimum atomic E-state index is 0.346. The lowest BCUT2D eigenvalue weighted by Crippen LogP contribution is -2.27. The maximum absolute atomic E-state index is 5.70. The molecule has 0 aliphatic carbocycles. The SMILES string of the molecule is CCOc1ccccc1NCC1CCCCO1. The molecule has 1 unspecified atom stereocenters. The van der Waals surface area contributed by atoms with Gasteiger partial charge in [0.15, 0.2) is 0 Å². The Morgan fingerprint density at radius 2 is 2.24 bits per heavy atom. The van der Waals surface area contributed by atoms with Crippen LogP contribution in [0.15, 0.2) is 24.3 Å². The van der Waals surface area contributed by atoms with E-state index in [9.17, 15) is 0 Å². The molecule has 0 amide bonds. The van der Waals surface area contributed by atoms with Crippen molar-refractivity contribution in [3.8, 4) is 5.75 Å². The number of nitrogens with one attached hydrogen (secondary N) is 1. The summed E-state index contributed by atoms with van der Waals surface area (Å²) in [6.07, 6.45) is 3.98. The van der Waals surface area contributed by atoms with E-state index in [1.54, 1.807) is 0 Å². The van der Waals surface area contributed by atoms with Gasteiger partial charge in [-0.2, -0.15) is 0 Å². The van der Waals surface area contributed by atoms with Gasteiger partial charge in [-0.1, -0.05) is 12.1 Å². The maximum atomic E-state index is 5.70. The molecule has 1 aliphatic rings. The van der Waals surface area contributed by atoms with E-state index in [1.165, 1.54) is 12.8 Å². The Kier molecular flexibility index (Phi) is 4.68. The van der Waals surface area contributed by atoms with E-state index in [2.05, 4.69) is 5.32 Å². The fourth-order valence-electron chi connectivity index (χ4n) is 2.09. The van der Waals surface area contributed by atoms with E-state index in [-0.39, 0.29) is 0 Å². The topological polar surface area (TPSA) is 30.5 Å². The van der Waals surface area contributed by atoms with Gasteiger partial charge in [-0.25, -0.2) is 0 Å². The fraction of sp³-hybridized carbons (Fsp3) is 0.571. The molecule has 0 aromatic heterocycles. The summed E-state index contributed by atoms with van der Waals surface area (Å²) in [6, 6.07) is 8.06. The molecular weight excluding hydrogens is 214 g/mol. The average molecular weight is 235 g/mol. The summed E-state index contributed by atoms with van der Waals surface area (Å²) in [4.78, 5) is 0. The largest absolute Gasteiger partial charge is 0.492 e. The Morgan fingerprint density at radius 1 is 1.35 bits per heavy atom. The third-order valence-electron chi connectivity index (χ3n) is 2.98. The quantitative estimate of drug-likeness (QED) is 0.850. The highest BCUT2D eigenvalue weighted by Crippen LogP contribution is 2.24. The summed E-state index contributed by atoms with van der Waals surface area (Å²) in [5.74, 6) is 0.922. The monoisotopic (exact) mass is 235 g/mol. The number of para-hydroxylation sites is 2. The van der Waals surface area contributed by atoms with Crippen LogP contribution in [0.2, 0.25) is 0 Å². The fourth-order valence-corrected chi connectivity index (χ4v) is 2.09. The third kappa shape index (κ3) is 3.63. The first-order valence-electron chi connectivity index (χ1n) is 6.47. The van der Waals surface area contributed by atoms with Crippen molar-refractivity contribution in [1.82, 2.24) is 0 Å². The van der Waals surface area contributed by atoms with Gasteiger partial charge in [0, 0.05) is 13.2 Å². The van der Waals surface area contributed by atoms with Gasteiger partial charge in [-0.15, -0.1) is 0 Å². The molecule has 1 aliphatic heterocycles. The Labute approximate surface area is 103 Å². The molecule has 94 valence electrons. The smallest absolute Gasteiger partial charge is 0.142 e. The van der Waals surface area contributed by atoms with Crippen LogP contribution in [0.25, 0.3) is 0 Å². The summed E-state index contributed by atoms with van der Waals surface area (Å²) < 4.78 is 11.3. The van der Waals surface area contributed by atoms with Crippen molar-refractivity contribution >= 4 is 5.69 Å². The van der Waals surface area contributed by atoms with E-state index in [1.807, 2.05) is 31.2 Å². The van der Waals surface area contributed by atoms with E-state index in [4.69, 9.17) is 9.47 Å². The van der Waals surface area contributed by atoms with E-state index < -0.39 is 0 Å². The number of hydrogen-bond acceptors (Lipinski definition) is 3. The number of benzene rings is 1. The Bertz CT molecular complexity index is 335. The number of rotatable bonds is 5. The van der Waals surface area contributed by atoms with Gasteiger partial charge in [0.05, 0.1) is 18.4 Å². The van der Waals surface area contributed by atoms with Crippen molar-refractivity contribution in [1.29, 1.82) is 0 Å². The van der Waals surface area contributed by atoms with Crippen LogP contribution in [0.5, 0.6) is 5.75 Å². The molecule has 0 radical (unpaired) electrons. The van der Waals surface area contributed by atoms with Gasteiger partial charge < -0.3 is 14.8 Å². The second-order valence-corrected chi connectivity index (χ2v) is 4.30. The molecule has 1 heterocycles. The van der Waals surface area contributed by atoms with Crippen molar-refractivity contribution in [2.75, 3.05) is 25.1 Å². The van der Waals surface area contributed by atoms with Crippen molar-refractivity contribution in [2.45, 2.75) is 32.3 Å². The predicted octanol–water partition coefficient (Wildman–Crippen LogP) is 3.07. The van der Waals surface area contributed by atoms with E-state index >= 15 is 0 Å².